The highest BCUT2D eigenvalue weighted by molar-refractivity contribution is 5.77. The lowest BCUT2D eigenvalue weighted by Crippen LogP contribution is -2.54. The van der Waals surface area contributed by atoms with Crippen molar-refractivity contribution in [3.63, 3.8) is 0 Å². The average molecular weight is 386 g/mol. The number of rotatable bonds is 7. The summed E-state index contributed by atoms with van der Waals surface area (Å²) in [7, 11) is 0. The maximum Gasteiger partial charge on any atom is 0.222 e. The molecular formula is C23H35N3O2. The Kier molecular flexibility index (Phi) is 7.11. The third-order valence-electron chi connectivity index (χ3n) is 6.11. The maximum atomic E-state index is 12.5. The zero-order valence-electron chi connectivity index (χ0n) is 17.5. The van der Waals surface area contributed by atoms with Gasteiger partial charge in [0, 0.05) is 50.5 Å². The van der Waals surface area contributed by atoms with Gasteiger partial charge in [-0.25, -0.2) is 0 Å². The number of benzene rings is 1. The largest absolute Gasteiger partial charge is 0.354 e. The molecule has 28 heavy (non-hydrogen) atoms. The number of carbonyl (C=O) groups is 2. The molecule has 2 aliphatic heterocycles. The van der Waals surface area contributed by atoms with Crippen molar-refractivity contribution in [1.82, 2.24) is 15.1 Å². The van der Waals surface area contributed by atoms with E-state index >= 15 is 0 Å². The molecule has 2 aliphatic rings. The van der Waals surface area contributed by atoms with Crippen LogP contribution in [0.4, 0.5) is 0 Å². The van der Waals surface area contributed by atoms with E-state index in [4.69, 9.17) is 0 Å². The molecule has 1 spiro atoms. The zero-order chi connectivity index (χ0) is 20.0. The van der Waals surface area contributed by atoms with Gasteiger partial charge in [0.25, 0.3) is 0 Å². The average Bonchev–Trinajstić information content (AvgIpc) is 2.68. The predicted molar refractivity (Wildman–Crippen MR) is 112 cm³/mol. The van der Waals surface area contributed by atoms with Gasteiger partial charge in [-0.1, -0.05) is 30.3 Å². The lowest BCUT2D eigenvalue weighted by molar-refractivity contribution is -0.139. The molecule has 2 fully saturated rings. The second kappa shape index (κ2) is 9.55. The highest BCUT2D eigenvalue weighted by atomic mass is 16.2. The number of piperidine rings is 2. The summed E-state index contributed by atoms with van der Waals surface area (Å²) in [5.74, 6) is 0.438. The molecule has 5 heteroatoms. The molecule has 0 saturated carbocycles. The summed E-state index contributed by atoms with van der Waals surface area (Å²) in [6.45, 7) is 8.56. The highest BCUT2D eigenvalue weighted by Gasteiger charge is 2.41. The number of hydrogen-bond acceptors (Lipinski definition) is 3. The summed E-state index contributed by atoms with van der Waals surface area (Å²) in [4.78, 5) is 29.0. The van der Waals surface area contributed by atoms with Crippen LogP contribution in [0, 0.1) is 5.41 Å². The molecule has 0 aromatic heterocycles. The molecule has 3 rings (SSSR count). The van der Waals surface area contributed by atoms with Crippen LogP contribution in [-0.2, 0) is 16.0 Å². The first-order valence-corrected chi connectivity index (χ1v) is 10.8. The molecule has 0 aliphatic carbocycles. The van der Waals surface area contributed by atoms with Gasteiger partial charge in [-0.05, 0) is 51.6 Å². The van der Waals surface area contributed by atoms with Gasteiger partial charge < -0.3 is 15.1 Å². The van der Waals surface area contributed by atoms with Crippen molar-refractivity contribution in [3.05, 3.63) is 35.9 Å². The van der Waals surface area contributed by atoms with Crippen LogP contribution in [0.3, 0.4) is 0 Å². The summed E-state index contributed by atoms with van der Waals surface area (Å²) < 4.78 is 0. The molecule has 2 saturated heterocycles. The highest BCUT2D eigenvalue weighted by Crippen LogP contribution is 2.38. The third-order valence-corrected chi connectivity index (χ3v) is 6.11. The van der Waals surface area contributed by atoms with E-state index in [-0.39, 0.29) is 17.4 Å². The Hall–Kier alpha value is -1.88. The van der Waals surface area contributed by atoms with Gasteiger partial charge in [0.2, 0.25) is 11.8 Å². The Morgan fingerprint density at radius 3 is 2.68 bits per heavy atom. The van der Waals surface area contributed by atoms with Crippen LogP contribution < -0.4 is 5.32 Å². The standard InChI is InChI=1S/C23H35N3O2/c1-19(2)24-21(27)11-15-25-14-6-12-23(17-25)13-9-22(28)26(18-23)16-10-20-7-4-3-5-8-20/h3-5,7-8,19H,6,9-18H2,1-2H3,(H,24,27). The van der Waals surface area contributed by atoms with Crippen molar-refractivity contribution in [3.8, 4) is 0 Å². The van der Waals surface area contributed by atoms with Gasteiger partial charge in [0.1, 0.15) is 0 Å². The molecule has 0 radical (unpaired) electrons. The minimum absolute atomic E-state index is 0.137. The molecule has 154 valence electrons. The van der Waals surface area contributed by atoms with E-state index in [1.165, 1.54) is 12.0 Å². The summed E-state index contributed by atoms with van der Waals surface area (Å²) in [6.07, 6.45) is 5.48. The second-order valence-electron chi connectivity index (χ2n) is 8.90. The van der Waals surface area contributed by atoms with Crippen LogP contribution in [0.2, 0.25) is 0 Å². The van der Waals surface area contributed by atoms with Gasteiger partial charge in [-0.15, -0.1) is 0 Å². The molecule has 1 unspecified atom stereocenters. The zero-order valence-corrected chi connectivity index (χ0v) is 17.5. The summed E-state index contributed by atoms with van der Waals surface area (Å²) in [6, 6.07) is 10.6. The fourth-order valence-corrected chi connectivity index (χ4v) is 4.70. The van der Waals surface area contributed by atoms with Crippen molar-refractivity contribution in [2.24, 2.45) is 5.41 Å². The topological polar surface area (TPSA) is 52.7 Å². The third kappa shape index (κ3) is 5.81. The van der Waals surface area contributed by atoms with Gasteiger partial charge in [-0.2, -0.15) is 0 Å². The smallest absolute Gasteiger partial charge is 0.222 e. The lowest BCUT2D eigenvalue weighted by Gasteiger charge is -2.48. The Labute approximate surface area is 169 Å². The van der Waals surface area contributed by atoms with E-state index in [1.54, 1.807) is 0 Å². The lowest BCUT2D eigenvalue weighted by atomic mass is 9.73. The molecule has 5 nitrogen and oxygen atoms in total. The first kappa shape index (κ1) is 20.8. The van der Waals surface area contributed by atoms with Crippen molar-refractivity contribution < 1.29 is 9.59 Å². The number of nitrogens with zero attached hydrogens (tertiary/aromatic N) is 2. The predicted octanol–water partition coefficient (Wildman–Crippen LogP) is 2.85. The van der Waals surface area contributed by atoms with Crippen molar-refractivity contribution in [1.29, 1.82) is 0 Å². The number of amides is 2. The van der Waals surface area contributed by atoms with Crippen molar-refractivity contribution in [2.75, 3.05) is 32.7 Å². The van der Waals surface area contributed by atoms with Gasteiger partial charge in [0.05, 0.1) is 0 Å². The Balaban J connectivity index is 1.53. The molecular weight excluding hydrogens is 350 g/mol. The monoisotopic (exact) mass is 385 g/mol. The van der Waals surface area contributed by atoms with E-state index in [2.05, 4.69) is 39.4 Å². The van der Waals surface area contributed by atoms with E-state index < -0.39 is 0 Å². The Morgan fingerprint density at radius 1 is 1.14 bits per heavy atom. The first-order chi connectivity index (χ1) is 13.5. The fraction of sp³-hybridized carbons (Fsp3) is 0.652. The van der Waals surface area contributed by atoms with Crippen LogP contribution in [0.1, 0.15) is 51.5 Å². The quantitative estimate of drug-likeness (QED) is 0.785. The van der Waals surface area contributed by atoms with Crippen molar-refractivity contribution in [2.45, 2.75) is 58.4 Å². The molecule has 1 atom stereocenters. The molecule has 2 heterocycles. The van der Waals surface area contributed by atoms with Crippen molar-refractivity contribution >= 4 is 11.8 Å². The normalized spacial score (nSPS) is 23.4. The second-order valence-corrected chi connectivity index (χ2v) is 8.90. The van der Waals surface area contributed by atoms with E-state index in [0.717, 1.165) is 52.0 Å². The van der Waals surface area contributed by atoms with Crippen LogP contribution >= 0.6 is 0 Å². The molecule has 2 amide bonds. The van der Waals surface area contributed by atoms with Gasteiger partial charge >= 0.3 is 0 Å². The van der Waals surface area contributed by atoms with Crippen LogP contribution in [-0.4, -0.2) is 60.4 Å². The minimum atomic E-state index is 0.137. The number of nitrogens with one attached hydrogen (secondary N) is 1. The van der Waals surface area contributed by atoms with Crippen LogP contribution in [0.5, 0.6) is 0 Å². The number of likely N-dealkylation sites (tertiary alicyclic amines) is 2. The molecule has 1 aromatic carbocycles. The SMILES string of the molecule is CC(C)NC(=O)CCN1CCCC2(CCC(=O)N(CCc3ccccc3)C2)C1. The maximum absolute atomic E-state index is 12.5. The van der Waals surface area contributed by atoms with Gasteiger partial charge in [-0.3, -0.25) is 9.59 Å². The van der Waals surface area contributed by atoms with E-state index in [0.29, 0.717) is 18.7 Å². The minimum Gasteiger partial charge on any atom is -0.354 e. The van der Waals surface area contributed by atoms with Gasteiger partial charge in [0.15, 0.2) is 0 Å². The number of carbonyl (C=O) groups excluding carboxylic acids is 2. The Morgan fingerprint density at radius 2 is 1.93 bits per heavy atom. The molecule has 1 N–H and O–H groups in total. The van der Waals surface area contributed by atoms with E-state index in [1.807, 2.05) is 19.9 Å². The molecule has 0 bridgehead atoms. The first-order valence-electron chi connectivity index (χ1n) is 10.8. The van der Waals surface area contributed by atoms with E-state index in [9.17, 15) is 9.59 Å². The number of hydrogen-bond donors (Lipinski definition) is 1. The molecule has 1 aromatic rings. The summed E-state index contributed by atoms with van der Waals surface area (Å²) in [5, 5.41) is 2.98. The van der Waals surface area contributed by atoms with Crippen LogP contribution in [0.15, 0.2) is 30.3 Å². The Bertz CT molecular complexity index is 661. The summed E-state index contributed by atoms with van der Waals surface area (Å²) >= 11 is 0. The fourth-order valence-electron chi connectivity index (χ4n) is 4.70. The van der Waals surface area contributed by atoms with Crippen LogP contribution in [0.25, 0.3) is 0 Å². The summed E-state index contributed by atoms with van der Waals surface area (Å²) in [5.41, 5.74) is 1.49.